The number of ether oxygens (including phenoxy) is 1. The standard InChI is InChI=1S/C27H55NO4/c1-3-5-7-8-9-10-11-15-19-25-32-26(20-16-6-4-2)28(23-24-29)22-18-14-12-13-17-21-27(30)31/h26,29H,3-25H2,1-2H3,(H,30,31). The molecule has 0 saturated carbocycles. The maximum Gasteiger partial charge on any atom is 0.303 e. The average molecular weight is 458 g/mol. The molecule has 1 atom stereocenters. The summed E-state index contributed by atoms with van der Waals surface area (Å²) in [5, 5.41) is 18.3. The highest BCUT2D eigenvalue weighted by atomic mass is 16.5. The van der Waals surface area contributed by atoms with Crippen molar-refractivity contribution in [2.45, 2.75) is 142 Å². The topological polar surface area (TPSA) is 70.0 Å². The third kappa shape index (κ3) is 21.2. The van der Waals surface area contributed by atoms with Crippen molar-refractivity contribution >= 4 is 5.97 Å². The van der Waals surface area contributed by atoms with Gasteiger partial charge < -0.3 is 14.9 Å². The molecule has 0 heterocycles. The molecule has 0 rings (SSSR count). The SMILES string of the molecule is CCCCCCCCCCCOC(CCCCC)N(CCO)CCCCCCCC(=O)O. The molecule has 0 amide bonds. The molecule has 0 aliphatic rings. The zero-order valence-electron chi connectivity index (χ0n) is 21.5. The van der Waals surface area contributed by atoms with E-state index >= 15 is 0 Å². The fourth-order valence-corrected chi connectivity index (χ4v) is 4.22. The van der Waals surface area contributed by atoms with E-state index in [0.29, 0.717) is 6.54 Å². The number of hydrogen-bond donors (Lipinski definition) is 2. The van der Waals surface area contributed by atoms with Crippen LogP contribution in [0.4, 0.5) is 0 Å². The molecular weight excluding hydrogens is 402 g/mol. The molecule has 0 radical (unpaired) electrons. The summed E-state index contributed by atoms with van der Waals surface area (Å²) in [6.07, 6.45) is 22.0. The van der Waals surface area contributed by atoms with Crippen molar-refractivity contribution in [3.63, 3.8) is 0 Å². The highest BCUT2D eigenvalue weighted by molar-refractivity contribution is 5.66. The van der Waals surface area contributed by atoms with Crippen LogP contribution >= 0.6 is 0 Å². The summed E-state index contributed by atoms with van der Waals surface area (Å²) in [7, 11) is 0. The zero-order valence-corrected chi connectivity index (χ0v) is 21.5. The first-order valence-corrected chi connectivity index (χ1v) is 13.8. The van der Waals surface area contributed by atoms with Gasteiger partial charge in [0.05, 0.1) is 6.61 Å². The van der Waals surface area contributed by atoms with Gasteiger partial charge in [0.2, 0.25) is 0 Å². The second kappa shape index (κ2) is 25.0. The molecule has 1 unspecified atom stereocenters. The number of nitrogens with zero attached hydrogens (tertiary/aromatic N) is 1. The normalized spacial score (nSPS) is 12.5. The van der Waals surface area contributed by atoms with Crippen molar-refractivity contribution in [2.24, 2.45) is 0 Å². The highest BCUT2D eigenvalue weighted by Crippen LogP contribution is 2.16. The minimum atomic E-state index is -0.696. The van der Waals surface area contributed by atoms with E-state index in [1.54, 1.807) is 0 Å². The Morgan fingerprint density at radius 3 is 1.84 bits per heavy atom. The molecule has 0 aromatic carbocycles. The Kier molecular flexibility index (Phi) is 24.5. The molecule has 0 aromatic rings. The molecule has 0 fully saturated rings. The van der Waals surface area contributed by atoms with Gasteiger partial charge in [-0.2, -0.15) is 0 Å². The lowest BCUT2D eigenvalue weighted by Gasteiger charge is -2.31. The van der Waals surface area contributed by atoms with Gasteiger partial charge in [-0.25, -0.2) is 0 Å². The van der Waals surface area contributed by atoms with Crippen LogP contribution in [0.25, 0.3) is 0 Å². The predicted molar refractivity (Wildman–Crippen MR) is 135 cm³/mol. The van der Waals surface area contributed by atoms with Crippen LogP contribution in [0, 0.1) is 0 Å². The molecule has 5 heteroatoms. The molecule has 0 aromatic heterocycles. The van der Waals surface area contributed by atoms with Gasteiger partial charge in [-0.15, -0.1) is 0 Å². The number of aliphatic hydroxyl groups excluding tert-OH is 1. The van der Waals surface area contributed by atoms with Crippen molar-refractivity contribution < 1.29 is 19.7 Å². The van der Waals surface area contributed by atoms with Crippen LogP contribution in [0.5, 0.6) is 0 Å². The third-order valence-electron chi connectivity index (χ3n) is 6.24. The lowest BCUT2D eigenvalue weighted by atomic mass is 10.1. The largest absolute Gasteiger partial charge is 0.481 e. The first kappa shape index (κ1) is 31.4. The summed E-state index contributed by atoms with van der Waals surface area (Å²) in [4.78, 5) is 12.9. The van der Waals surface area contributed by atoms with E-state index in [9.17, 15) is 9.90 Å². The zero-order chi connectivity index (χ0) is 23.7. The first-order valence-electron chi connectivity index (χ1n) is 13.8. The van der Waals surface area contributed by atoms with Crippen LogP contribution in [0.15, 0.2) is 0 Å². The maximum atomic E-state index is 10.6. The molecule has 0 aliphatic carbocycles. The highest BCUT2D eigenvalue weighted by Gasteiger charge is 2.18. The van der Waals surface area contributed by atoms with Crippen LogP contribution in [0.3, 0.4) is 0 Å². The molecule has 0 spiro atoms. The van der Waals surface area contributed by atoms with Crippen LogP contribution in [0.2, 0.25) is 0 Å². The van der Waals surface area contributed by atoms with Gasteiger partial charge in [0, 0.05) is 26.1 Å². The van der Waals surface area contributed by atoms with E-state index in [4.69, 9.17) is 9.84 Å². The van der Waals surface area contributed by atoms with Gasteiger partial charge in [0.15, 0.2) is 0 Å². The lowest BCUT2D eigenvalue weighted by molar-refractivity contribution is -0.137. The fourth-order valence-electron chi connectivity index (χ4n) is 4.22. The Morgan fingerprint density at radius 2 is 1.25 bits per heavy atom. The van der Waals surface area contributed by atoms with Crippen LogP contribution < -0.4 is 0 Å². The molecular formula is C27H55NO4. The van der Waals surface area contributed by atoms with E-state index in [0.717, 1.165) is 58.1 Å². The number of carboxylic acid groups (broad SMARTS) is 1. The van der Waals surface area contributed by atoms with Crippen LogP contribution in [0.1, 0.15) is 136 Å². The summed E-state index contributed by atoms with van der Waals surface area (Å²) in [6, 6.07) is 0. The number of carboxylic acids is 1. The number of unbranched alkanes of at least 4 members (excludes halogenated alkanes) is 14. The summed E-state index contributed by atoms with van der Waals surface area (Å²) >= 11 is 0. The number of rotatable bonds is 26. The van der Waals surface area contributed by atoms with Gasteiger partial charge in [0.1, 0.15) is 6.23 Å². The van der Waals surface area contributed by atoms with Gasteiger partial charge in [-0.3, -0.25) is 9.69 Å². The van der Waals surface area contributed by atoms with Crippen molar-refractivity contribution in [3.05, 3.63) is 0 Å². The third-order valence-corrected chi connectivity index (χ3v) is 6.24. The van der Waals surface area contributed by atoms with Crippen molar-refractivity contribution in [1.82, 2.24) is 4.90 Å². The summed E-state index contributed by atoms with van der Waals surface area (Å²) in [5.41, 5.74) is 0. The molecule has 32 heavy (non-hydrogen) atoms. The van der Waals surface area contributed by atoms with Crippen molar-refractivity contribution in [1.29, 1.82) is 0 Å². The van der Waals surface area contributed by atoms with E-state index in [1.165, 1.54) is 70.6 Å². The maximum absolute atomic E-state index is 10.6. The van der Waals surface area contributed by atoms with E-state index in [1.807, 2.05) is 0 Å². The summed E-state index contributed by atoms with van der Waals surface area (Å²) < 4.78 is 6.33. The predicted octanol–water partition coefficient (Wildman–Crippen LogP) is 7.16. The lowest BCUT2D eigenvalue weighted by Crippen LogP contribution is -2.40. The van der Waals surface area contributed by atoms with E-state index in [-0.39, 0.29) is 19.3 Å². The Bertz CT molecular complexity index is 392. The van der Waals surface area contributed by atoms with Gasteiger partial charge >= 0.3 is 5.97 Å². The van der Waals surface area contributed by atoms with E-state index < -0.39 is 5.97 Å². The monoisotopic (exact) mass is 457 g/mol. The molecule has 5 nitrogen and oxygen atoms in total. The second-order valence-corrected chi connectivity index (χ2v) is 9.32. The molecule has 0 bridgehead atoms. The molecule has 0 aliphatic heterocycles. The van der Waals surface area contributed by atoms with Crippen molar-refractivity contribution in [2.75, 3.05) is 26.3 Å². The number of carbonyl (C=O) groups is 1. The molecule has 2 N–H and O–H groups in total. The minimum absolute atomic E-state index is 0.120. The second-order valence-electron chi connectivity index (χ2n) is 9.32. The number of aliphatic carboxylic acids is 1. The number of aliphatic hydroxyl groups is 1. The smallest absolute Gasteiger partial charge is 0.303 e. The quantitative estimate of drug-likeness (QED) is 0.106. The summed E-state index contributed by atoms with van der Waals surface area (Å²) in [5.74, 6) is -0.696. The fraction of sp³-hybridized carbons (Fsp3) is 0.963. The number of hydrogen-bond acceptors (Lipinski definition) is 4. The minimum Gasteiger partial charge on any atom is -0.481 e. The Labute approximate surface area is 199 Å². The van der Waals surface area contributed by atoms with Gasteiger partial charge in [-0.05, 0) is 32.1 Å². The van der Waals surface area contributed by atoms with Crippen LogP contribution in [-0.2, 0) is 9.53 Å². The molecule has 192 valence electrons. The first-order chi connectivity index (χ1) is 15.7. The molecule has 0 saturated heterocycles. The Balaban J connectivity index is 4.15. The van der Waals surface area contributed by atoms with Gasteiger partial charge in [0.25, 0.3) is 0 Å². The van der Waals surface area contributed by atoms with Gasteiger partial charge in [-0.1, -0.05) is 97.3 Å². The van der Waals surface area contributed by atoms with E-state index in [2.05, 4.69) is 18.7 Å². The van der Waals surface area contributed by atoms with Crippen LogP contribution in [-0.4, -0.2) is 53.6 Å². The Hall–Kier alpha value is -0.650. The Morgan fingerprint density at radius 1 is 0.719 bits per heavy atom. The summed E-state index contributed by atoms with van der Waals surface area (Å²) in [6.45, 7) is 7.12. The van der Waals surface area contributed by atoms with Crippen molar-refractivity contribution in [3.8, 4) is 0 Å². The average Bonchev–Trinajstić information content (AvgIpc) is 2.77.